The molecule has 3 aromatic rings. The highest BCUT2D eigenvalue weighted by Gasteiger charge is 2.09. The van der Waals surface area contributed by atoms with Gasteiger partial charge in [-0.3, -0.25) is 9.54 Å². The van der Waals surface area contributed by atoms with Gasteiger partial charge >= 0.3 is 0 Å². The predicted octanol–water partition coefficient (Wildman–Crippen LogP) is 3.20. The molecular weight excluding hydrogens is 322 g/mol. The van der Waals surface area contributed by atoms with E-state index in [9.17, 15) is 8.42 Å². The summed E-state index contributed by atoms with van der Waals surface area (Å²) in [6.45, 7) is 0. The standard InChI is InChI=1S/C14H11N3O3S2/c18-22(19,20)12-3-1-11(2-4-12)16-14-17-13(9-21-14)10-5-7-15-8-6-10/h1-9H,(H,16,17)(H,18,19,20). The van der Waals surface area contributed by atoms with Crippen LogP contribution in [0.2, 0.25) is 0 Å². The maximum absolute atomic E-state index is 11.0. The van der Waals surface area contributed by atoms with E-state index >= 15 is 0 Å². The smallest absolute Gasteiger partial charge is 0.294 e. The first kappa shape index (κ1) is 14.6. The molecule has 1 aromatic carbocycles. The van der Waals surface area contributed by atoms with Crippen LogP contribution >= 0.6 is 11.3 Å². The van der Waals surface area contributed by atoms with E-state index in [2.05, 4.69) is 15.3 Å². The van der Waals surface area contributed by atoms with Gasteiger partial charge in [0.05, 0.1) is 10.6 Å². The van der Waals surface area contributed by atoms with E-state index in [0.717, 1.165) is 11.3 Å². The Balaban J connectivity index is 1.78. The van der Waals surface area contributed by atoms with E-state index < -0.39 is 10.1 Å². The third kappa shape index (κ3) is 3.30. The van der Waals surface area contributed by atoms with Crippen molar-refractivity contribution in [3.05, 3.63) is 54.2 Å². The molecule has 22 heavy (non-hydrogen) atoms. The van der Waals surface area contributed by atoms with Crippen LogP contribution in [0.5, 0.6) is 0 Å². The summed E-state index contributed by atoms with van der Waals surface area (Å²) in [6, 6.07) is 9.54. The molecule has 0 fully saturated rings. The van der Waals surface area contributed by atoms with E-state index in [1.807, 2.05) is 17.5 Å². The van der Waals surface area contributed by atoms with Crippen molar-refractivity contribution in [3.8, 4) is 11.3 Å². The number of thiazole rings is 1. The number of pyridine rings is 1. The molecule has 0 unspecified atom stereocenters. The first-order valence-corrected chi connectivity index (χ1v) is 8.55. The molecule has 6 nitrogen and oxygen atoms in total. The Morgan fingerprint density at radius 2 is 1.73 bits per heavy atom. The number of hydrogen-bond donors (Lipinski definition) is 2. The van der Waals surface area contributed by atoms with Crippen molar-refractivity contribution < 1.29 is 13.0 Å². The van der Waals surface area contributed by atoms with Crippen LogP contribution in [0.1, 0.15) is 0 Å². The average molecular weight is 333 g/mol. The Kier molecular flexibility index (Phi) is 3.88. The zero-order valence-corrected chi connectivity index (χ0v) is 12.8. The number of nitrogens with one attached hydrogen (secondary N) is 1. The molecule has 2 aromatic heterocycles. The molecule has 0 saturated heterocycles. The molecule has 0 atom stereocenters. The van der Waals surface area contributed by atoms with Gasteiger partial charge < -0.3 is 5.32 Å². The van der Waals surface area contributed by atoms with Crippen LogP contribution in [0.4, 0.5) is 10.8 Å². The first-order valence-electron chi connectivity index (χ1n) is 6.23. The fourth-order valence-corrected chi connectivity index (χ4v) is 3.04. The van der Waals surface area contributed by atoms with Gasteiger partial charge in [0, 0.05) is 29.0 Å². The lowest BCUT2D eigenvalue weighted by molar-refractivity contribution is 0.483. The molecule has 2 heterocycles. The molecule has 2 N–H and O–H groups in total. The van der Waals surface area contributed by atoms with Crippen molar-refractivity contribution in [3.63, 3.8) is 0 Å². The minimum atomic E-state index is -4.17. The van der Waals surface area contributed by atoms with Gasteiger partial charge in [0.15, 0.2) is 5.13 Å². The van der Waals surface area contributed by atoms with Crippen molar-refractivity contribution in [2.75, 3.05) is 5.32 Å². The lowest BCUT2D eigenvalue weighted by atomic mass is 10.2. The van der Waals surface area contributed by atoms with E-state index in [1.54, 1.807) is 24.5 Å². The highest BCUT2D eigenvalue weighted by molar-refractivity contribution is 7.85. The van der Waals surface area contributed by atoms with Gasteiger partial charge in [-0.2, -0.15) is 8.42 Å². The maximum Gasteiger partial charge on any atom is 0.294 e. The number of aromatic nitrogens is 2. The van der Waals surface area contributed by atoms with Gasteiger partial charge in [-0.15, -0.1) is 11.3 Å². The van der Waals surface area contributed by atoms with Crippen LogP contribution in [-0.4, -0.2) is 22.9 Å². The summed E-state index contributed by atoms with van der Waals surface area (Å²) < 4.78 is 30.9. The van der Waals surface area contributed by atoms with Crippen LogP contribution in [0.25, 0.3) is 11.3 Å². The average Bonchev–Trinajstić information content (AvgIpc) is 2.96. The second kappa shape index (κ2) is 5.84. The molecule has 8 heteroatoms. The van der Waals surface area contributed by atoms with E-state index in [1.165, 1.54) is 23.5 Å². The molecule has 0 radical (unpaired) electrons. The first-order chi connectivity index (χ1) is 10.5. The lowest BCUT2D eigenvalue weighted by Crippen LogP contribution is -1.98. The maximum atomic E-state index is 11.0. The second-order valence-corrected chi connectivity index (χ2v) is 6.68. The zero-order valence-electron chi connectivity index (χ0n) is 11.2. The highest BCUT2D eigenvalue weighted by Crippen LogP contribution is 2.27. The van der Waals surface area contributed by atoms with Crippen molar-refractivity contribution >= 4 is 32.3 Å². The Hall–Kier alpha value is -2.29. The summed E-state index contributed by atoms with van der Waals surface area (Å²) in [5.41, 5.74) is 2.49. The van der Waals surface area contributed by atoms with Crippen molar-refractivity contribution in [1.29, 1.82) is 0 Å². The fourth-order valence-electron chi connectivity index (χ4n) is 1.82. The molecule has 0 spiro atoms. The monoisotopic (exact) mass is 333 g/mol. The largest absolute Gasteiger partial charge is 0.332 e. The van der Waals surface area contributed by atoms with Gasteiger partial charge in [-0.05, 0) is 36.4 Å². The van der Waals surface area contributed by atoms with Crippen LogP contribution in [0.3, 0.4) is 0 Å². The van der Waals surface area contributed by atoms with E-state index in [-0.39, 0.29) is 4.90 Å². The molecular formula is C14H11N3O3S2. The lowest BCUT2D eigenvalue weighted by Gasteiger charge is -2.03. The van der Waals surface area contributed by atoms with Crippen LogP contribution < -0.4 is 5.32 Å². The Bertz CT molecular complexity index is 875. The molecule has 0 bridgehead atoms. The third-order valence-corrected chi connectivity index (χ3v) is 4.51. The number of benzene rings is 1. The molecule has 3 rings (SSSR count). The topological polar surface area (TPSA) is 92.2 Å². The van der Waals surface area contributed by atoms with Crippen molar-refractivity contribution in [2.45, 2.75) is 4.90 Å². The summed E-state index contributed by atoms with van der Waals surface area (Å²) in [4.78, 5) is 8.28. The van der Waals surface area contributed by atoms with E-state index in [0.29, 0.717) is 10.8 Å². The van der Waals surface area contributed by atoms with E-state index in [4.69, 9.17) is 4.55 Å². The molecule has 0 saturated carbocycles. The number of anilines is 2. The third-order valence-electron chi connectivity index (χ3n) is 2.88. The molecule has 112 valence electrons. The molecule has 0 aliphatic heterocycles. The number of nitrogens with zero attached hydrogens (tertiary/aromatic N) is 2. The van der Waals surface area contributed by atoms with Gasteiger partial charge in [0.2, 0.25) is 0 Å². The fraction of sp³-hybridized carbons (Fsp3) is 0. The highest BCUT2D eigenvalue weighted by atomic mass is 32.2. The summed E-state index contributed by atoms with van der Waals surface area (Å²) in [5, 5.41) is 5.70. The summed E-state index contributed by atoms with van der Waals surface area (Å²) in [6.07, 6.45) is 3.41. The second-order valence-electron chi connectivity index (χ2n) is 4.40. The van der Waals surface area contributed by atoms with Crippen LogP contribution in [0, 0.1) is 0 Å². The number of hydrogen-bond acceptors (Lipinski definition) is 6. The minimum absolute atomic E-state index is 0.144. The zero-order chi connectivity index (χ0) is 15.6. The van der Waals surface area contributed by atoms with Crippen molar-refractivity contribution in [2.24, 2.45) is 0 Å². The predicted molar refractivity (Wildman–Crippen MR) is 84.9 cm³/mol. The molecule has 0 amide bonds. The Labute approximate surface area is 131 Å². The van der Waals surface area contributed by atoms with Gasteiger partial charge in [0.25, 0.3) is 10.1 Å². The molecule has 0 aliphatic carbocycles. The summed E-state index contributed by atoms with van der Waals surface area (Å²) in [5.74, 6) is 0. The number of rotatable bonds is 4. The summed E-state index contributed by atoms with van der Waals surface area (Å²) in [7, 11) is -4.17. The normalized spacial score (nSPS) is 11.3. The van der Waals surface area contributed by atoms with Crippen LogP contribution in [-0.2, 0) is 10.1 Å². The van der Waals surface area contributed by atoms with Gasteiger partial charge in [-0.25, -0.2) is 4.98 Å². The Morgan fingerprint density at radius 1 is 1.05 bits per heavy atom. The van der Waals surface area contributed by atoms with Crippen molar-refractivity contribution in [1.82, 2.24) is 9.97 Å². The Morgan fingerprint density at radius 3 is 2.36 bits per heavy atom. The quantitative estimate of drug-likeness (QED) is 0.712. The van der Waals surface area contributed by atoms with Crippen LogP contribution in [0.15, 0.2) is 59.1 Å². The summed E-state index contributed by atoms with van der Waals surface area (Å²) >= 11 is 1.44. The van der Waals surface area contributed by atoms with Gasteiger partial charge in [-0.1, -0.05) is 0 Å². The van der Waals surface area contributed by atoms with Gasteiger partial charge in [0.1, 0.15) is 0 Å². The molecule has 0 aliphatic rings. The minimum Gasteiger partial charge on any atom is -0.332 e. The SMILES string of the molecule is O=S(=O)(O)c1ccc(Nc2nc(-c3ccncc3)cs2)cc1.